The molecule has 0 atom stereocenters. The molecule has 0 radical (unpaired) electrons. The van der Waals surface area contributed by atoms with E-state index in [1.807, 2.05) is 6.07 Å². The van der Waals surface area contributed by atoms with Gasteiger partial charge in [0.05, 0.1) is 0 Å². The fourth-order valence-electron chi connectivity index (χ4n) is 2.66. The smallest absolute Gasteiger partial charge is 0.0429 e. The van der Waals surface area contributed by atoms with Crippen LogP contribution in [0.15, 0.2) is 42.5 Å². The van der Waals surface area contributed by atoms with E-state index in [-0.39, 0.29) is 0 Å². The maximum atomic E-state index is 5.88. The third-order valence-electron chi connectivity index (χ3n) is 3.56. The summed E-state index contributed by atoms with van der Waals surface area (Å²) in [6.07, 6.45) is 1.13. The van der Waals surface area contributed by atoms with Gasteiger partial charge in [-0.1, -0.05) is 35.9 Å². The van der Waals surface area contributed by atoms with Gasteiger partial charge >= 0.3 is 0 Å². The zero-order valence-corrected chi connectivity index (χ0v) is 10.7. The number of anilines is 2. The average molecular weight is 238 g/mol. The van der Waals surface area contributed by atoms with Crippen LogP contribution in [-0.4, -0.2) is 6.54 Å². The lowest BCUT2D eigenvalue weighted by Gasteiger charge is -2.20. The molecule has 0 amide bonds. The van der Waals surface area contributed by atoms with E-state index >= 15 is 0 Å². The molecule has 2 heteroatoms. The third-order valence-corrected chi connectivity index (χ3v) is 3.56. The normalized spacial score (nSPS) is 13.7. The number of nitrogen functional groups attached to an aromatic ring is 1. The van der Waals surface area contributed by atoms with E-state index in [0.717, 1.165) is 25.2 Å². The first-order chi connectivity index (χ1) is 8.72. The molecule has 0 saturated heterocycles. The van der Waals surface area contributed by atoms with E-state index < -0.39 is 0 Å². The number of benzene rings is 2. The first-order valence-electron chi connectivity index (χ1n) is 6.41. The second-order valence-corrected chi connectivity index (χ2v) is 5.05. The molecule has 0 aromatic heterocycles. The first kappa shape index (κ1) is 11.1. The van der Waals surface area contributed by atoms with Gasteiger partial charge in [0.25, 0.3) is 0 Å². The average Bonchev–Trinajstić information content (AvgIpc) is 2.72. The molecule has 92 valence electrons. The summed E-state index contributed by atoms with van der Waals surface area (Å²) in [5.74, 6) is 0. The molecule has 2 aromatic carbocycles. The third kappa shape index (κ3) is 2.06. The lowest BCUT2D eigenvalue weighted by atomic mass is 10.1. The van der Waals surface area contributed by atoms with E-state index in [1.54, 1.807) is 0 Å². The van der Waals surface area contributed by atoms with E-state index in [9.17, 15) is 0 Å². The summed E-state index contributed by atoms with van der Waals surface area (Å²) in [5.41, 5.74) is 12.1. The molecule has 2 nitrogen and oxygen atoms in total. The molecule has 0 spiro atoms. The van der Waals surface area contributed by atoms with E-state index in [4.69, 9.17) is 5.73 Å². The highest BCUT2D eigenvalue weighted by atomic mass is 15.1. The highest BCUT2D eigenvalue weighted by Gasteiger charge is 2.18. The second kappa shape index (κ2) is 4.37. The summed E-state index contributed by atoms with van der Waals surface area (Å²) >= 11 is 0. The fourth-order valence-corrected chi connectivity index (χ4v) is 2.66. The van der Waals surface area contributed by atoms with Gasteiger partial charge in [0.1, 0.15) is 0 Å². The largest absolute Gasteiger partial charge is 0.399 e. The van der Waals surface area contributed by atoms with Crippen LogP contribution < -0.4 is 10.6 Å². The van der Waals surface area contributed by atoms with Gasteiger partial charge in [0.2, 0.25) is 0 Å². The van der Waals surface area contributed by atoms with Crippen LogP contribution in [0.3, 0.4) is 0 Å². The molecule has 2 aromatic rings. The van der Waals surface area contributed by atoms with Gasteiger partial charge in [-0.15, -0.1) is 0 Å². The van der Waals surface area contributed by atoms with Crippen molar-refractivity contribution in [2.45, 2.75) is 19.9 Å². The number of hydrogen-bond acceptors (Lipinski definition) is 2. The SMILES string of the molecule is Cc1cccc(CN2CCc3ccc(N)cc32)c1. The fraction of sp³-hybridized carbons (Fsp3) is 0.250. The molecule has 18 heavy (non-hydrogen) atoms. The van der Waals surface area contributed by atoms with Crippen LogP contribution in [0.5, 0.6) is 0 Å². The molecule has 2 N–H and O–H groups in total. The number of rotatable bonds is 2. The molecular formula is C16H18N2. The predicted molar refractivity (Wildman–Crippen MR) is 76.8 cm³/mol. The highest BCUT2D eigenvalue weighted by Crippen LogP contribution is 2.31. The molecule has 0 aliphatic carbocycles. The zero-order chi connectivity index (χ0) is 12.5. The van der Waals surface area contributed by atoms with Gasteiger partial charge in [-0.25, -0.2) is 0 Å². The van der Waals surface area contributed by atoms with Gasteiger partial charge in [-0.05, 0) is 36.6 Å². The Hall–Kier alpha value is -1.96. The van der Waals surface area contributed by atoms with Gasteiger partial charge in [0, 0.05) is 24.5 Å². The van der Waals surface area contributed by atoms with Gasteiger partial charge in [0.15, 0.2) is 0 Å². The van der Waals surface area contributed by atoms with Crippen molar-refractivity contribution in [3.63, 3.8) is 0 Å². The molecule has 0 bridgehead atoms. The van der Waals surface area contributed by atoms with Gasteiger partial charge < -0.3 is 10.6 Å². The topological polar surface area (TPSA) is 29.3 Å². The standard InChI is InChI=1S/C16H18N2/c1-12-3-2-4-13(9-12)11-18-8-7-14-5-6-15(17)10-16(14)18/h2-6,9-10H,7-8,11,17H2,1H3. The number of nitrogens with zero attached hydrogens (tertiary/aromatic N) is 1. The number of nitrogens with two attached hydrogens (primary N) is 1. The van der Waals surface area contributed by atoms with Crippen molar-refractivity contribution in [1.29, 1.82) is 0 Å². The van der Waals surface area contributed by atoms with Crippen LogP contribution in [0.1, 0.15) is 16.7 Å². The maximum Gasteiger partial charge on any atom is 0.0429 e. The Morgan fingerprint density at radius 1 is 1.17 bits per heavy atom. The predicted octanol–water partition coefficient (Wildman–Crippen LogP) is 3.14. The lowest BCUT2D eigenvalue weighted by Crippen LogP contribution is -2.19. The monoisotopic (exact) mass is 238 g/mol. The summed E-state index contributed by atoms with van der Waals surface area (Å²) in [4.78, 5) is 2.42. The Morgan fingerprint density at radius 3 is 2.89 bits per heavy atom. The van der Waals surface area contributed by atoms with E-state index in [0.29, 0.717) is 0 Å². The van der Waals surface area contributed by atoms with Crippen molar-refractivity contribution in [2.24, 2.45) is 0 Å². The molecule has 1 aliphatic heterocycles. The zero-order valence-electron chi connectivity index (χ0n) is 10.7. The molecule has 0 fully saturated rings. The Labute approximate surface area is 108 Å². The second-order valence-electron chi connectivity index (χ2n) is 5.05. The molecule has 3 rings (SSSR count). The molecule has 0 saturated carbocycles. The Balaban J connectivity index is 1.86. The quantitative estimate of drug-likeness (QED) is 0.814. The van der Waals surface area contributed by atoms with Crippen molar-refractivity contribution in [1.82, 2.24) is 0 Å². The maximum absolute atomic E-state index is 5.88. The molecular weight excluding hydrogens is 220 g/mol. The van der Waals surface area contributed by atoms with Crippen LogP contribution in [-0.2, 0) is 13.0 Å². The minimum atomic E-state index is 0.852. The van der Waals surface area contributed by atoms with Crippen molar-refractivity contribution < 1.29 is 0 Å². The summed E-state index contributed by atoms with van der Waals surface area (Å²) in [5, 5.41) is 0. The first-order valence-corrected chi connectivity index (χ1v) is 6.41. The summed E-state index contributed by atoms with van der Waals surface area (Å²) in [7, 11) is 0. The van der Waals surface area contributed by atoms with Crippen LogP contribution in [0, 0.1) is 6.92 Å². The number of aryl methyl sites for hydroxylation is 1. The van der Waals surface area contributed by atoms with E-state index in [1.165, 1.54) is 22.4 Å². The van der Waals surface area contributed by atoms with Crippen molar-refractivity contribution in [2.75, 3.05) is 17.2 Å². The number of hydrogen-bond donors (Lipinski definition) is 1. The minimum Gasteiger partial charge on any atom is -0.399 e. The van der Waals surface area contributed by atoms with Crippen molar-refractivity contribution >= 4 is 11.4 Å². The highest BCUT2D eigenvalue weighted by molar-refractivity contribution is 5.64. The molecule has 1 heterocycles. The van der Waals surface area contributed by atoms with Gasteiger partial charge in [-0.3, -0.25) is 0 Å². The lowest BCUT2D eigenvalue weighted by molar-refractivity contribution is 0.835. The summed E-state index contributed by atoms with van der Waals surface area (Å²) < 4.78 is 0. The molecule has 0 unspecified atom stereocenters. The Kier molecular flexibility index (Phi) is 2.71. The van der Waals surface area contributed by atoms with Crippen molar-refractivity contribution in [3.05, 3.63) is 59.2 Å². The van der Waals surface area contributed by atoms with E-state index in [2.05, 4.69) is 48.2 Å². The molecule has 1 aliphatic rings. The van der Waals surface area contributed by atoms with Crippen LogP contribution in [0.2, 0.25) is 0 Å². The Bertz CT molecular complexity index is 575. The van der Waals surface area contributed by atoms with Crippen LogP contribution >= 0.6 is 0 Å². The van der Waals surface area contributed by atoms with Crippen LogP contribution in [0.25, 0.3) is 0 Å². The summed E-state index contributed by atoms with van der Waals surface area (Å²) in [6, 6.07) is 15.0. The summed E-state index contributed by atoms with van der Waals surface area (Å²) in [6.45, 7) is 4.20. The van der Waals surface area contributed by atoms with Crippen LogP contribution in [0.4, 0.5) is 11.4 Å². The minimum absolute atomic E-state index is 0.852. The van der Waals surface area contributed by atoms with Crippen molar-refractivity contribution in [3.8, 4) is 0 Å². The number of fused-ring (bicyclic) bond motifs is 1. The Morgan fingerprint density at radius 2 is 2.06 bits per heavy atom. The van der Waals surface area contributed by atoms with Gasteiger partial charge in [-0.2, -0.15) is 0 Å².